The molecular formula is C17H22N2O2. The number of hydrogen-bond donors (Lipinski definition) is 1. The van der Waals surface area contributed by atoms with Crippen LogP contribution >= 0.6 is 0 Å². The molecule has 2 rings (SSSR count). The number of rotatable bonds is 5. The van der Waals surface area contributed by atoms with Crippen molar-refractivity contribution in [3.8, 4) is 0 Å². The molecule has 1 heterocycles. The van der Waals surface area contributed by atoms with Gasteiger partial charge >= 0.3 is 0 Å². The number of amides is 1. The third kappa shape index (κ3) is 3.72. The molecule has 0 spiro atoms. The van der Waals surface area contributed by atoms with Gasteiger partial charge in [-0.05, 0) is 25.3 Å². The van der Waals surface area contributed by atoms with Crippen molar-refractivity contribution in [2.45, 2.75) is 40.2 Å². The highest BCUT2D eigenvalue weighted by Crippen LogP contribution is 2.22. The predicted molar refractivity (Wildman–Crippen MR) is 81.8 cm³/mol. The maximum atomic E-state index is 12.3. The second kappa shape index (κ2) is 6.57. The molecule has 21 heavy (non-hydrogen) atoms. The normalized spacial score (nSPS) is 12.4. The Morgan fingerprint density at radius 2 is 1.90 bits per heavy atom. The Kier molecular flexibility index (Phi) is 4.78. The zero-order chi connectivity index (χ0) is 15.4. The van der Waals surface area contributed by atoms with Crippen molar-refractivity contribution >= 4 is 5.91 Å². The summed E-state index contributed by atoms with van der Waals surface area (Å²) in [6, 6.07) is 10.1. The van der Waals surface area contributed by atoms with Crippen molar-refractivity contribution in [2.24, 2.45) is 5.92 Å². The molecule has 1 N–H and O–H groups in total. The maximum absolute atomic E-state index is 12.3. The summed E-state index contributed by atoms with van der Waals surface area (Å²) >= 11 is 0. The van der Waals surface area contributed by atoms with Crippen LogP contribution in [0.1, 0.15) is 42.5 Å². The van der Waals surface area contributed by atoms with E-state index in [1.54, 1.807) is 0 Å². The molecule has 2 aromatic rings. The zero-order valence-electron chi connectivity index (χ0n) is 13.0. The van der Waals surface area contributed by atoms with Crippen molar-refractivity contribution in [1.82, 2.24) is 10.5 Å². The van der Waals surface area contributed by atoms with Crippen LogP contribution in [0.2, 0.25) is 0 Å². The third-order valence-electron chi connectivity index (χ3n) is 3.66. The van der Waals surface area contributed by atoms with Gasteiger partial charge in [0.1, 0.15) is 5.76 Å². The Hall–Kier alpha value is -2.10. The quantitative estimate of drug-likeness (QED) is 0.917. The second-order valence-electron chi connectivity index (χ2n) is 5.68. The third-order valence-corrected chi connectivity index (χ3v) is 3.66. The maximum Gasteiger partial charge on any atom is 0.225 e. The van der Waals surface area contributed by atoms with Crippen molar-refractivity contribution < 1.29 is 9.32 Å². The fourth-order valence-corrected chi connectivity index (χ4v) is 2.43. The van der Waals surface area contributed by atoms with Gasteiger partial charge in [0, 0.05) is 5.56 Å². The minimum absolute atomic E-state index is 0.00745. The minimum atomic E-state index is -0.00745. The van der Waals surface area contributed by atoms with E-state index >= 15 is 0 Å². The largest absolute Gasteiger partial charge is 0.361 e. The number of carbonyl (C=O) groups excluding carboxylic acids is 1. The van der Waals surface area contributed by atoms with Gasteiger partial charge in [0.25, 0.3) is 0 Å². The Morgan fingerprint density at radius 1 is 1.24 bits per heavy atom. The first kappa shape index (κ1) is 15.3. The molecule has 0 fully saturated rings. The van der Waals surface area contributed by atoms with Crippen LogP contribution < -0.4 is 5.32 Å². The van der Waals surface area contributed by atoms with Gasteiger partial charge in [-0.2, -0.15) is 0 Å². The molecule has 0 aliphatic carbocycles. The van der Waals surface area contributed by atoms with Gasteiger partial charge < -0.3 is 9.84 Å². The van der Waals surface area contributed by atoms with Crippen LogP contribution in [0.25, 0.3) is 0 Å². The molecule has 1 aromatic carbocycles. The van der Waals surface area contributed by atoms with Crippen LogP contribution in [-0.4, -0.2) is 11.1 Å². The highest BCUT2D eigenvalue weighted by atomic mass is 16.5. The lowest BCUT2D eigenvalue weighted by molar-refractivity contribution is -0.121. The lowest BCUT2D eigenvalue weighted by Crippen LogP contribution is -2.33. The number of carbonyl (C=O) groups is 1. The first-order valence-electron chi connectivity index (χ1n) is 7.25. The van der Waals surface area contributed by atoms with E-state index in [2.05, 4.69) is 24.3 Å². The van der Waals surface area contributed by atoms with E-state index in [1.165, 1.54) is 0 Å². The highest BCUT2D eigenvalue weighted by molar-refractivity contribution is 5.79. The van der Waals surface area contributed by atoms with Crippen LogP contribution in [0, 0.1) is 19.8 Å². The summed E-state index contributed by atoms with van der Waals surface area (Å²) in [5.74, 6) is 1.02. The molecule has 1 unspecified atom stereocenters. The Bertz CT molecular complexity index is 583. The molecule has 0 bridgehead atoms. The average Bonchev–Trinajstić information content (AvgIpc) is 2.77. The number of nitrogens with zero attached hydrogens (tertiary/aromatic N) is 1. The zero-order valence-corrected chi connectivity index (χ0v) is 13.0. The Morgan fingerprint density at radius 3 is 2.43 bits per heavy atom. The molecule has 0 saturated carbocycles. The Labute approximate surface area is 125 Å². The Balaban J connectivity index is 2.09. The number of aryl methyl sites for hydroxylation is 2. The molecule has 0 aliphatic heterocycles. The van der Waals surface area contributed by atoms with E-state index < -0.39 is 0 Å². The van der Waals surface area contributed by atoms with Crippen molar-refractivity contribution in [3.05, 3.63) is 52.9 Å². The van der Waals surface area contributed by atoms with Gasteiger partial charge in [-0.3, -0.25) is 4.79 Å². The minimum Gasteiger partial charge on any atom is -0.361 e. The summed E-state index contributed by atoms with van der Waals surface area (Å²) < 4.78 is 5.10. The van der Waals surface area contributed by atoms with Gasteiger partial charge in [0.2, 0.25) is 5.91 Å². The molecule has 4 nitrogen and oxygen atoms in total. The van der Waals surface area contributed by atoms with E-state index in [0.717, 1.165) is 16.8 Å². The van der Waals surface area contributed by atoms with Gasteiger partial charge in [-0.25, -0.2) is 0 Å². The van der Waals surface area contributed by atoms with Crippen LogP contribution in [0.5, 0.6) is 0 Å². The molecule has 1 aromatic heterocycles. The SMILES string of the molecule is Cc1noc(C)c1CC(=O)NC(c1ccccc1)C(C)C. The van der Waals surface area contributed by atoms with Crippen LogP contribution in [0.4, 0.5) is 0 Å². The van der Waals surface area contributed by atoms with Crippen molar-refractivity contribution in [2.75, 3.05) is 0 Å². The number of hydrogen-bond acceptors (Lipinski definition) is 3. The predicted octanol–water partition coefficient (Wildman–Crippen LogP) is 3.35. The first-order chi connectivity index (χ1) is 9.99. The standard InChI is InChI=1S/C17H22N2O2/c1-11(2)17(14-8-6-5-7-9-14)18-16(20)10-15-12(3)19-21-13(15)4/h5-9,11,17H,10H2,1-4H3,(H,18,20). The smallest absolute Gasteiger partial charge is 0.225 e. The van der Waals surface area contributed by atoms with Crippen LogP contribution in [0.3, 0.4) is 0 Å². The van der Waals surface area contributed by atoms with Gasteiger partial charge in [-0.1, -0.05) is 49.3 Å². The first-order valence-corrected chi connectivity index (χ1v) is 7.25. The lowest BCUT2D eigenvalue weighted by Gasteiger charge is -2.23. The topological polar surface area (TPSA) is 55.1 Å². The second-order valence-corrected chi connectivity index (χ2v) is 5.68. The van der Waals surface area contributed by atoms with E-state index in [0.29, 0.717) is 18.1 Å². The van der Waals surface area contributed by atoms with Crippen molar-refractivity contribution in [1.29, 1.82) is 0 Å². The average molecular weight is 286 g/mol. The van der Waals surface area contributed by atoms with Gasteiger partial charge in [-0.15, -0.1) is 0 Å². The van der Waals surface area contributed by atoms with Gasteiger partial charge in [0.15, 0.2) is 0 Å². The van der Waals surface area contributed by atoms with E-state index in [-0.39, 0.29) is 11.9 Å². The molecule has 0 radical (unpaired) electrons. The summed E-state index contributed by atoms with van der Waals surface area (Å²) in [5, 5.41) is 7.00. The molecule has 1 amide bonds. The van der Waals surface area contributed by atoms with Crippen LogP contribution in [-0.2, 0) is 11.2 Å². The number of nitrogens with one attached hydrogen (secondary N) is 1. The molecule has 0 saturated heterocycles. The van der Waals surface area contributed by atoms with E-state index in [9.17, 15) is 4.79 Å². The van der Waals surface area contributed by atoms with E-state index in [1.807, 2.05) is 44.2 Å². The van der Waals surface area contributed by atoms with E-state index in [4.69, 9.17) is 4.52 Å². The highest BCUT2D eigenvalue weighted by Gasteiger charge is 2.20. The van der Waals surface area contributed by atoms with Gasteiger partial charge in [0.05, 0.1) is 18.2 Å². The molecular weight excluding hydrogens is 264 g/mol. The van der Waals surface area contributed by atoms with Crippen LogP contribution in [0.15, 0.2) is 34.9 Å². The fraction of sp³-hybridized carbons (Fsp3) is 0.412. The van der Waals surface area contributed by atoms with Crippen molar-refractivity contribution in [3.63, 3.8) is 0 Å². The number of benzene rings is 1. The molecule has 112 valence electrons. The molecule has 1 atom stereocenters. The number of aromatic nitrogens is 1. The summed E-state index contributed by atoms with van der Waals surface area (Å²) in [7, 11) is 0. The lowest BCUT2D eigenvalue weighted by atomic mass is 9.95. The fourth-order valence-electron chi connectivity index (χ4n) is 2.43. The summed E-state index contributed by atoms with van der Waals surface area (Å²) in [6.45, 7) is 7.90. The summed E-state index contributed by atoms with van der Waals surface area (Å²) in [4.78, 5) is 12.3. The summed E-state index contributed by atoms with van der Waals surface area (Å²) in [5.41, 5.74) is 2.78. The molecule has 0 aliphatic rings. The monoisotopic (exact) mass is 286 g/mol. The summed E-state index contributed by atoms with van der Waals surface area (Å²) in [6.07, 6.45) is 0.303. The molecule has 4 heteroatoms.